The summed E-state index contributed by atoms with van der Waals surface area (Å²) in [4.78, 5) is 0. The van der Waals surface area contributed by atoms with Gasteiger partial charge < -0.3 is 0 Å². The Hall–Kier alpha value is -0.520. The Kier molecular flexibility index (Phi) is 4.70. The van der Waals surface area contributed by atoms with Crippen LogP contribution in [0.1, 0.15) is 70.6 Å². The molecule has 0 heterocycles. The van der Waals surface area contributed by atoms with Crippen LogP contribution >= 0.6 is 0 Å². The lowest BCUT2D eigenvalue weighted by Crippen LogP contribution is -2.24. The molecule has 23 heavy (non-hydrogen) atoms. The van der Waals surface area contributed by atoms with E-state index in [0.717, 1.165) is 47.3 Å². The van der Waals surface area contributed by atoms with Crippen LogP contribution in [-0.4, -0.2) is 0 Å². The molecule has 0 heteroatoms. The molecule has 7 atom stereocenters. The summed E-state index contributed by atoms with van der Waals surface area (Å²) in [7, 11) is 0. The lowest BCUT2D eigenvalue weighted by molar-refractivity contribution is 0.175. The second-order valence-electron chi connectivity index (χ2n) is 9.25. The molecule has 0 saturated heterocycles. The van der Waals surface area contributed by atoms with Crippen molar-refractivity contribution in [3.63, 3.8) is 0 Å². The van der Waals surface area contributed by atoms with Crippen LogP contribution in [0.25, 0.3) is 0 Å². The average Bonchev–Trinajstić information content (AvgIpc) is 3.15. The summed E-state index contributed by atoms with van der Waals surface area (Å²) in [6.45, 7) is 8.24. The van der Waals surface area contributed by atoms with E-state index >= 15 is 0 Å². The fraction of sp³-hybridized carbons (Fsp3) is 0.826. The van der Waals surface area contributed by atoms with Crippen molar-refractivity contribution in [3.8, 4) is 0 Å². The third-order valence-electron chi connectivity index (χ3n) is 8.40. The van der Waals surface area contributed by atoms with Crippen molar-refractivity contribution in [2.45, 2.75) is 70.6 Å². The number of fused-ring (bicyclic) bond motifs is 3. The minimum atomic E-state index is 0.758. The van der Waals surface area contributed by atoms with Crippen molar-refractivity contribution >= 4 is 0 Å². The van der Waals surface area contributed by atoms with Crippen molar-refractivity contribution in [2.24, 2.45) is 47.3 Å². The smallest absolute Gasteiger partial charge is 0.0202 e. The Morgan fingerprint density at radius 2 is 1.26 bits per heavy atom. The van der Waals surface area contributed by atoms with E-state index in [0.29, 0.717) is 0 Å². The number of hydrogen-bond donors (Lipinski definition) is 0. The van der Waals surface area contributed by atoms with Crippen molar-refractivity contribution in [1.82, 2.24) is 0 Å². The van der Waals surface area contributed by atoms with E-state index in [9.17, 15) is 0 Å². The lowest BCUT2D eigenvalue weighted by Gasteiger charge is -2.33. The molecule has 0 nitrogen and oxygen atoms in total. The minimum absolute atomic E-state index is 0.758. The van der Waals surface area contributed by atoms with Crippen LogP contribution in [0.4, 0.5) is 0 Å². The Morgan fingerprint density at radius 3 is 1.78 bits per heavy atom. The van der Waals surface area contributed by atoms with Gasteiger partial charge in [-0.1, -0.05) is 37.8 Å². The van der Waals surface area contributed by atoms with Crippen LogP contribution in [0.15, 0.2) is 25.3 Å². The molecule has 4 fully saturated rings. The largest absolute Gasteiger partial charge is 0.103 e. The molecular weight excluding hydrogens is 276 g/mol. The summed E-state index contributed by atoms with van der Waals surface area (Å²) in [5.41, 5.74) is 0. The van der Waals surface area contributed by atoms with Gasteiger partial charge in [0.2, 0.25) is 0 Å². The van der Waals surface area contributed by atoms with Gasteiger partial charge in [0.25, 0.3) is 0 Å². The van der Waals surface area contributed by atoms with Gasteiger partial charge in [0.05, 0.1) is 0 Å². The third-order valence-corrected chi connectivity index (χ3v) is 8.40. The standard InChI is InChI=1S/C23H36/c1-3-16-13-17(4-2)18(14-16)15-23-21-11-7-5-9-19(21)20-10-6-8-12-22(20)23/h3-4,16-23H,1-2,5-15H2. The van der Waals surface area contributed by atoms with Crippen molar-refractivity contribution in [3.05, 3.63) is 25.3 Å². The van der Waals surface area contributed by atoms with E-state index in [-0.39, 0.29) is 0 Å². The number of rotatable bonds is 4. The molecule has 4 saturated carbocycles. The molecular formula is C23H36. The van der Waals surface area contributed by atoms with Gasteiger partial charge in [-0.05, 0) is 92.3 Å². The fourth-order valence-corrected chi connectivity index (χ4v) is 7.47. The highest BCUT2D eigenvalue weighted by Gasteiger charge is 2.51. The van der Waals surface area contributed by atoms with E-state index in [4.69, 9.17) is 0 Å². The summed E-state index contributed by atoms with van der Waals surface area (Å²) < 4.78 is 0. The van der Waals surface area contributed by atoms with Gasteiger partial charge in [0.15, 0.2) is 0 Å². The molecule has 0 bridgehead atoms. The molecule has 4 aliphatic carbocycles. The minimum Gasteiger partial charge on any atom is -0.103 e. The van der Waals surface area contributed by atoms with Gasteiger partial charge in [-0.2, -0.15) is 0 Å². The number of hydrogen-bond acceptors (Lipinski definition) is 0. The molecule has 0 aromatic heterocycles. The zero-order chi connectivity index (χ0) is 15.8. The van der Waals surface area contributed by atoms with E-state index in [1.165, 1.54) is 44.9 Å². The molecule has 0 N–H and O–H groups in total. The van der Waals surface area contributed by atoms with Crippen LogP contribution in [0.3, 0.4) is 0 Å². The summed E-state index contributed by atoms with van der Waals surface area (Å²) in [5.74, 6) is 7.88. The Morgan fingerprint density at radius 1 is 0.696 bits per heavy atom. The molecule has 7 unspecified atom stereocenters. The molecule has 4 rings (SSSR count). The lowest BCUT2D eigenvalue weighted by atomic mass is 9.72. The predicted molar refractivity (Wildman–Crippen MR) is 99.1 cm³/mol. The highest BCUT2D eigenvalue weighted by molar-refractivity contribution is 5.03. The molecule has 0 aliphatic heterocycles. The first-order valence-corrected chi connectivity index (χ1v) is 10.6. The van der Waals surface area contributed by atoms with Gasteiger partial charge >= 0.3 is 0 Å². The van der Waals surface area contributed by atoms with Crippen LogP contribution < -0.4 is 0 Å². The molecule has 0 amide bonds. The quantitative estimate of drug-likeness (QED) is 0.511. The number of allylic oxidation sites excluding steroid dienone is 2. The SMILES string of the molecule is C=CC1CC(C=C)C(CC2C3CCCCC3C3CCCCC32)C1. The third kappa shape index (κ3) is 2.85. The average molecular weight is 313 g/mol. The van der Waals surface area contributed by atoms with Gasteiger partial charge in [0, 0.05) is 0 Å². The van der Waals surface area contributed by atoms with Gasteiger partial charge in [-0.3, -0.25) is 0 Å². The van der Waals surface area contributed by atoms with E-state index < -0.39 is 0 Å². The fourth-order valence-electron chi connectivity index (χ4n) is 7.47. The van der Waals surface area contributed by atoms with Gasteiger partial charge in [0.1, 0.15) is 0 Å². The molecule has 0 spiro atoms. The Bertz CT molecular complexity index is 413. The van der Waals surface area contributed by atoms with Crippen LogP contribution in [0.2, 0.25) is 0 Å². The van der Waals surface area contributed by atoms with E-state index in [2.05, 4.69) is 25.3 Å². The zero-order valence-corrected chi connectivity index (χ0v) is 15.0. The highest BCUT2D eigenvalue weighted by atomic mass is 14.6. The molecule has 0 radical (unpaired) electrons. The van der Waals surface area contributed by atoms with Crippen molar-refractivity contribution in [1.29, 1.82) is 0 Å². The Labute approximate surface area is 143 Å². The summed E-state index contributed by atoms with van der Waals surface area (Å²) in [5, 5.41) is 0. The molecule has 4 aliphatic rings. The van der Waals surface area contributed by atoms with Crippen LogP contribution in [0, 0.1) is 47.3 Å². The normalized spacial score (nSPS) is 49.4. The van der Waals surface area contributed by atoms with E-state index in [1.54, 1.807) is 25.7 Å². The summed E-state index contributed by atoms with van der Waals surface area (Å²) in [6.07, 6.45) is 21.0. The predicted octanol–water partition coefficient (Wildman–Crippen LogP) is 6.63. The maximum absolute atomic E-state index is 4.16. The first-order chi connectivity index (χ1) is 11.3. The van der Waals surface area contributed by atoms with Gasteiger partial charge in [-0.15, -0.1) is 13.2 Å². The summed E-state index contributed by atoms with van der Waals surface area (Å²) in [6, 6.07) is 0. The first-order valence-electron chi connectivity index (χ1n) is 10.6. The topological polar surface area (TPSA) is 0 Å². The van der Waals surface area contributed by atoms with E-state index in [1.807, 2.05) is 0 Å². The van der Waals surface area contributed by atoms with Crippen molar-refractivity contribution in [2.75, 3.05) is 0 Å². The zero-order valence-electron chi connectivity index (χ0n) is 15.0. The highest BCUT2D eigenvalue weighted by Crippen LogP contribution is 2.60. The maximum Gasteiger partial charge on any atom is -0.0202 e. The maximum atomic E-state index is 4.16. The molecule has 0 aromatic carbocycles. The van der Waals surface area contributed by atoms with Crippen LogP contribution in [0.5, 0.6) is 0 Å². The monoisotopic (exact) mass is 312 g/mol. The molecule has 0 aromatic rings. The molecule has 128 valence electrons. The summed E-state index contributed by atoms with van der Waals surface area (Å²) >= 11 is 0. The first kappa shape index (κ1) is 16.0. The second-order valence-corrected chi connectivity index (χ2v) is 9.25. The van der Waals surface area contributed by atoms with Crippen LogP contribution in [-0.2, 0) is 0 Å². The van der Waals surface area contributed by atoms with Crippen molar-refractivity contribution < 1.29 is 0 Å². The Balaban J connectivity index is 1.52. The second kappa shape index (κ2) is 6.77. The van der Waals surface area contributed by atoms with Gasteiger partial charge in [-0.25, -0.2) is 0 Å².